The van der Waals surface area contributed by atoms with Gasteiger partial charge in [0, 0.05) is 53.7 Å². The molecule has 2 atom stereocenters. The van der Waals surface area contributed by atoms with E-state index in [0.717, 1.165) is 65.3 Å². The van der Waals surface area contributed by atoms with Crippen molar-refractivity contribution in [3.63, 3.8) is 0 Å². The summed E-state index contributed by atoms with van der Waals surface area (Å²) in [6.45, 7) is 6.12. The minimum atomic E-state index is -0.716. The van der Waals surface area contributed by atoms with Gasteiger partial charge in [-0.05, 0) is 49.4 Å². The van der Waals surface area contributed by atoms with Crippen LogP contribution in [0.4, 0.5) is 14.5 Å². The van der Waals surface area contributed by atoms with Gasteiger partial charge in [0.25, 0.3) is 5.91 Å². The molecule has 1 fully saturated rings. The Morgan fingerprint density at radius 1 is 1.24 bits per heavy atom. The molecule has 8 heteroatoms. The SMILES string of the molecule is C[C@@H]1CN(c2cccc3cc(F)ccc23)CCN1CCC1OCCc2c1sc(C(N)=O)c2F. The number of nitrogens with two attached hydrogens (primary N) is 1. The highest BCUT2D eigenvalue weighted by Gasteiger charge is 2.31. The molecule has 1 unspecified atom stereocenters. The van der Waals surface area contributed by atoms with Gasteiger partial charge in [0.15, 0.2) is 0 Å². The molecule has 0 saturated carbocycles. The maximum atomic E-state index is 14.6. The van der Waals surface area contributed by atoms with Crippen molar-refractivity contribution >= 4 is 33.7 Å². The van der Waals surface area contributed by atoms with Gasteiger partial charge < -0.3 is 15.4 Å². The van der Waals surface area contributed by atoms with Gasteiger partial charge in [-0.25, -0.2) is 8.78 Å². The number of hydrogen-bond donors (Lipinski definition) is 1. The molecule has 2 aromatic carbocycles. The molecule has 2 aliphatic rings. The lowest BCUT2D eigenvalue weighted by atomic mass is 10.0. The van der Waals surface area contributed by atoms with Crippen LogP contribution in [0.15, 0.2) is 36.4 Å². The van der Waals surface area contributed by atoms with Crippen molar-refractivity contribution in [2.75, 3.05) is 37.7 Å². The van der Waals surface area contributed by atoms with E-state index in [0.29, 0.717) is 24.6 Å². The second kappa shape index (κ2) is 9.00. The number of fused-ring (bicyclic) bond motifs is 2. The third-order valence-corrected chi connectivity index (χ3v) is 8.08. The van der Waals surface area contributed by atoms with E-state index in [-0.39, 0.29) is 16.8 Å². The average Bonchev–Trinajstić information content (AvgIpc) is 3.15. The van der Waals surface area contributed by atoms with Crippen LogP contribution in [0.3, 0.4) is 0 Å². The van der Waals surface area contributed by atoms with Crippen LogP contribution in [0, 0.1) is 11.6 Å². The van der Waals surface area contributed by atoms with Gasteiger partial charge in [0.1, 0.15) is 16.5 Å². The summed E-state index contributed by atoms with van der Waals surface area (Å²) in [5.74, 6) is -1.40. The van der Waals surface area contributed by atoms with Crippen LogP contribution >= 0.6 is 11.3 Å². The first-order chi connectivity index (χ1) is 15.9. The molecule has 0 bridgehead atoms. The maximum Gasteiger partial charge on any atom is 0.261 e. The maximum absolute atomic E-state index is 14.6. The molecule has 5 rings (SSSR count). The van der Waals surface area contributed by atoms with E-state index in [4.69, 9.17) is 10.5 Å². The van der Waals surface area contributed by atoms with Gasteiger partial charge in [-0.3, -0.25) is 9.69 Å². The molecule has 2 N–H and O–H groups in total. The Balaban J connectivity index is 1.26. The quantitative estimate of drug-likeness (QED) is 0.596. The van der Waals surface area contributed by atoms with E-state index in [1.807, 2.05) is 18.2 Å². The van der Waals surface area contributed by atoms with Crippen LogP contribution in [0.1, 0.15) is 39.6 Å². The number of primary amides is 1. The molecule has 1 amide bonds. The van der Waals surface area contributed by atoms with Crippen molar-refractivity contribution in [2.45, 2.75) is 31.9 Å². The van der Waals surface area contributed by atoms with E-state index in [2.05, 4.69) is 22.8 Å². The number of rotatable bonds is 5. The zero-order valence-electron chi connectivity index (χ0n) is 18.5. The number of thiophene rings is 1. The van der Waals surface area contributed by atoms with Gasteiger partial charge in [-0.1, -0.05) is 12.1 Å². The highest BCUT2D eigenvalue weighted by Crippen LogP contribution is 2.39. The lowest BCUT2D eigenvalue weighted by Gasteiger charge is -2.42. The van der Waals surface area contributed by atoms with E-state index < -0.39 is 11.7 Å². The van der Waals surface area contributed by atoms with Crippen LogP contribution in [0.5, 0.6) is 0 Å². The Labute approximate surface area is 195 Å². The topological polar surface area (TPSA) is 58.8 Å². The Morgan fingerprint density at radius 2 is 2.09 bits per heavy atom. The van der Waals surface area contributed by atoms with Crippen molar-refractivity contribution in [2.24, 2.45) is 5.73 Å². The second-order valence-corrected chi connectivity index (χ2v) is 9.88. The molecule has 3 heterocycles. The summed E-state index contributed by atoms with van der Waals surface area (Å²) in [5.41, 5.74) is 7.07. The molecule has 2 aliphatic heterocycles. The Kier molecular flexibility index (Phi) is 6.07. The fourth-order valence-corrected chi connectivity index (χ4v) is 6.21. The van der Waals surface area contributed by atoms with E-state index in [9.17, 15) is 13.6 Å². The van der Waals surface area contributed by atoms with Gasteiger partial charge in [0.2, 0.25) is 0 Å². The summed E-state index contributed by atoms with van der Waals surface area (Å²) >= 11 is 1.14. The molecule has 1 aromatic heterocycles. The molecule has 3 aromatic rings. The first-order valence-electron chi connectivity index (χ1n) is 11.3. The summed E-state index contributed by atoms with van der Waals surface area (Å²) < 4.78 is 34.1. The molecule has 1 saturated heterocycles. The monoisotopic (exact) mass is 471 g/mol. The summed E-state index contributed by atoms with van der Waals surface area (Å²) in [6, 6.07) is 11.3. The number of nitrogens with zero attached hydrogens (tertiary/aromatic N) is 2. The number of carbonyl (C=O) groups excluding carboxylic acids is 1. The first-order valence-corrected chi connectivity index (χ1v) is 12.1. The minimum absolute atomic E-state index is 0.00690. The van der Waals surface area contributed by atoms with Crippen LogP contribution < -0.4 is 10.6 Å². The molecule has 33 heavy (non-hydrogen) atoms. The zero-order valence-corrected chi connectivity index (χ0v) is 19.3. The summed E-state index contributed by atoms with van der Waals surface area (Å²) in [7, 11) is 0. The average molecular weight is 472 g/mol. The number of carbonyl (C=O) groups is 1. The zero-order chi connectivity index (χ0) is 23.1. The predicted octanol–water partition coefficient (Wildman–Crippen LogP) is 4.49. The van der Waals surface area contributed by atoms with Crippen molar-refractivity contribution in [3.05, 3.63) is 63.4 Å². The van der Waals surface area contributed by atoms with Crippen LogP contribution in [0.2, 0.25) is 0 Å². The third-order valence-electron chi connectivity index (χ3n) is 6.76. The largest absolute Gasteiger partial charge is 0.372 e. The van der Waals surface area contributed by atoms with Gasteiger partial charge in [-0.2, -0.15) is 0 Å². The number of amides is 1. The lowest BCUT2D eigenvalue weighted by molar-refractivity contribution is 0.0275. The number of hydrogen-bond acceptors (Lipinski definition) is 5. The second-order valence-electron chi connectivity index (χ2n) is 8.82. The van der Waals surface area contributed by atoms with E-state index >= 15 is 0 Å². The predicted molar refractivity (Wildman–Crippen MR) is 127 cm³/mol. The fourth-order valence-electron chi connectivity index (χ4n) is 5.05. The minimum Gasteiger partial charge on any atom is -0.372 e. The van der Waals surface area contributed by atoms with Crippen molar-refractivity contribution in [1.82, 2.24) is 4.90 Å². The number of halogens is 2. The van der Waals surface area contributed by atoms with Crippen molar-refractivity contribution in [1.29, 1.82) is 0 Å². The van der Waals surface area contributed by atoms with Crippen LogP contribution in [0.25, 0.3) is 10.8 Å². The van der Waals surface area contributed by atoms with Gasteiger partial charge in [0.05, 0.1) is 12.7 Å². The molecule has 0 spiro atoms. The van der Waals surface area contributed by atoms with Crippen LogP contribution in [-0.2, 0) is 11.2 Å². The normalized spacial score (nSPS) is 21.4. The number of ether oxygens (including phenoxy) is 1. The Morgan fingerprint density at radius 3 is 2.88 bits per heavy atom. The highest BCUT2D eigenvalue weighted by molar-refractivity contribution is 7.14. The van der Waals surface area contributed by atoms with Crippen molar-refractivity contribution in [3.8, 4) is 0 Å². The lowest BCUT2D eigenvalue weighted by Crippen LogP contribution is -2.52. The Bertz CT molecular complexity index is 1200. The Hall–Kier alpha value is -2.55. The molecular formula is C25H27F2N3O2S. The van der Waals surface area contributed by atoms with Crippen molar-refractivity contribution < 1.29 is 18.3 Å². The smallest absolute Gasteiger partial charge is 0.261 e. The number of anilines is 1. The molecule has 174 valence electrons. The molecule has 5 nitrogen and oxygen atoms in total. The third kappa shape index (κ3) is 4.23. The summed E-state index contributed by atoms with van der Waals surface area (Å²) in [4.78, 5) is 17.2. The standard InChI is InChI=1S/C25H27F2N3O2S/c1-15-14-30(20-4-2-3-16-13-17(26)5-6-18(16)20)11-10-29(15)9-7-21-23-19(8-12-32-21)22(27)24(33-23)25(28)31/h2-6,13,15,21H,7-12,14H2,1H3,(H2,28,31)/t15-,21?/m1/s1. The molecular weight excluding hydrogens is 444 g/mol. The van der Waals surface area contributed by atoms with Gasteiger partial charge >= 0.3 is 0 Å². The summed E-state index contributed by atoms with van der Waals surface area (Å²) in [5, 5.41) is 1.97. The number of piperazine rings is 1. The van der Waals surface area contributed by atoms with Gasteiger partial charge in [-0.15, -0.1) is 11.3 Å². The van der Waals surface area contributed by atoms with Crippen LogP contribution in [-0.4, -0.2) is 49.6 Å². The van der Waals surface area contributed by atoms with E-state index in [1.165, 1.54) is 6.07 Å². The molecule has 0 radical (unpaired) electrons. The first kappa shape index (κ1) is 22.3. The van der Waals surface area contributed by atoms with E-state index in [1.54, 1.807) is 6.07 Å². The molecule has 0 aliphatic carbocycles. The fraction of sp³-hybridized carbons (Fsp3) is 0.400. The number of benzene rings is 2. The summed E-state index contributed by atoms with van der Waals surface area (Å²) in [6.07, 6.45) is 1.01. The highest BCUT2D eigenvalue weighted by atomic mass is 32.1.